The van der Waals surface area contributed by atoms with E-state index in [9.17, 15) is 9.90 Å². The van der Waals surface area contributed by atoms with Crippen LogP contribution in [0.4, 0.5) is 0 Å². The molecule has 0 spiro atoms. The van der Waals surface area contributed by atoms with Gasteiger partial charge >= 0.3 is 0 Å². The van der Waals surface area contributed by atoms with Crippen LogP contribution in [-0.2, 0) is 6.42 Å². The minimum Gasteiger partial charge on any atom is -0.387 e. The summed E-state index contributed by atoms with van der Waals surface area (Å²) in [6.07, 6.45) is 6.48. The Balaban J connectivity index is 1.35. The third-order valence-corrected chi connectivity index (χ3v) is 6.61. The Morgan fingerprint density at radius 1 is 1.24 bits per heavy atom. The van der Waals surface area contributed by atoms with Gasteiger partial charge in [-0.05, 0) is 62.4 Å². The maximum atomic E-state index is 13.1. The number of aryl methyl sites for hydroxylation is 1. The number of aromatic nitrogens is 3. The normalized spacial score (nSPS) is 19.9. The first kappa shape index (κ1) is 23.1. The Morgan fingerprint density at radius 3 is 2.67 bits per heavy atom. The molecule has 0 saturated carbocycles. The maximum Gasteiger partial charge on any atom is 0.254 e. The summed E-state index contributed by atoms with van der Waals surface area (Å²) in [7, 11) is 1.84. The number of H-pyrrole nitrogens is 1. The first-order valence-corrected chi connectivity index (χ1v) is 11.7. The van der Waals surface area contributed by atoms with Gasteiger partial charge in [0.2, 0.25) is 0 Å². The molecule has 0 bridgehead atoms. The zero-order valence-electron chi connectivity index (χ0n) is 19.5. The molecule has 0 aliphatic carbocycles. The van der Waals surface area contributed by atoms with Crippen molar-refractivity contribution >= 4 is 5.91 Å². The zero-order valence-corrected chi connectivity index (χ0v) is 19.5. The smallest absolute Gasteiger partial charge is 0.254 e. The fraction of sp³-hybridized carbons (Fsp3) is 0.423. The minimum absolute atomic E-state index is 0.00676. The molecule has 1 aliphatic heterocycles. The second kappa shape index (κ2) is 10.3. The second-order valence-corrected chi connectivity index (χ2v) is 9.00. The van der Waals surface area contributed by atoms with Crippen LogP contribution < -0.4 is 5.32 Å². The van der Waals surface area contributed by atoms with Crippen molar-refractivity contribution in [3.63, 3.8) is 0 Å². The van der Waals surface area contributed by atoms with Crippen molar-refractivity contribution in [1.29, 1.82) is 0 Å². The van der Waals surface area contributed by atoms with Crippen LogP contribution in [0.15, 0.2) is 54.9 Å². The molecule has 4 unspecified atom stereocenters. The summed E-state index contributed by atoms with van der Waals surface area (Å²) in [4.78, 5) is 19.0. The summed E-state index contributed by atoms with van der Waals surface area (Å²) in [5.41, 5.74) is 4.58. The molecule has 1 aliphatic rings. The molecule has 7 heteroatoms. The third kappa shape index (κ3) is 5.31. The lowest BCUT2D eigenvalue weighted by Crippen LogP contribution is -2.35. The average molecular weight is 448 g/mol. The van der Waals surface area contributed by atoms with Gasteiger partial charge in [-0.15, -0.1) is 0 Å². The van der Waals surface area contributed by atoms with Crippen LogP contribution in [0.5, 0.6) is 0 Å². The van der Waals surface area contributed by atoms with E-state index in [1.807, 2.05) is 56.4 Å². The number of hydrogen-bond donors (Lipinski definition) is 3. The number of aromatic amines is 1. The molecule has 1 amide bonds. The lowest BCUT2D eigenvalue weighted by atomic mass is 10.0. The van der Waals surface area contributed by atoms with Crippen molar-refractivity contribution < 1.29 is 9.90 Å². The molecule has 2 aromatic heterocycles. The number of aliphatic hydroxyl groups is 1. The van der Waals surface area contributed by atoms with Crippen LogP contribution >= 0.6 is 0 Å². The highest BCUT2D eigenvalue weighted by molar-refractivity contribution is 5.94. The Hall–Kier alpha value is -3.03. The molecule has 3 aromatic rings. The Labute approximate surface area is 195 Å². The van der Waals surface area contributed by atoms with Gasteiger partial charge in [0.25, 0.3) is 5.91 Å². The fourth-order valence-corrected chi connectivity index (χ4v) is 4.75. The van der Waals surface area contributed by atoms with Crippen LogP contribution in [-0.4, -0.2) is 50.2 Å². The summed E-state index contributed by atoms with van der Waals surface area (Å²) < 4.78 is 0. The molecule has 4 atom stereocenters. The van der Waals surface area contributed by atoms with E-state index >= 15 is 0 Å². The third-order valence-electron chi connectivity index (χ3n) is 6.61. The number of amides is 1. The fourth-order valence-electron chi connectivity index (χ4n) is 4.75. The Morgan fingerprint density at radius 2 is 2.03 bits per heavy atom. The molecule has 1 aromatic carbocycles. The number of nitrogens with zero attached hydrogens (tertiary/aromatic N) is 3. The van der Waals surface area contributed by atoms with Crippen molar-refractivity contribution in [1.82, 2.24) is 25.4 Å². The van der Waals surface area contributed by atoms with Crippen molar-refractivity contribution in [2.75, 3.05) is 7.05 Å². The summed E-state index contributed by atoms with van der Waals surface area (Å²) in [5.74, 6) is -0.00676. The molecule has 1 saturated heterocycles. The number of aliphatic hydroxyl groups excluding tert-OH is 1. The largest absolute Gasteiger partial charge is 0.387 e. The van der Waals surface area contributed by atoms with Crippen LogP contribution in [0.3, 0.4) is 0 Å². The second-order valence-electron chi connectivity index (χ2n) is 9.00. The molecule has 0 radical (unpaired) electrons. The number of carbonyl (C=O) groups excluding carboxylic acids is 1. The van der Waals surface area contributed by atoms with Gasteiger partial charge in [0, 0.05) is 48.3 Å². The molecular weight excluding hydrogens is 414 g/mol. The molecule has 33 heavy (non-hydrogen) atoms. The van der Waals surface area contributed by atoms with Crippen LogP contribution in [0.25, 0.3) is 0 Å². The summed E-state index contributed by atoms with van der Waals surface area (Å²) in [6.45, 7) is 4.03. The molecule has 3 N–H and O–H groups in total. The van der Waals surface area contributed by atoms with E-state index in [0.29, 0.717) is 11.6 Å². The highest BCUT2D eigenvalue weighted by Crippen LogP contribution is 2.27. The topological polar surface area (TPSA) is 94.1 Å². The van der Waals surface area contributed by atoms with E-state index in [-0.39, 0.29) is 18.0 Å². The zero-order chi connectivity index (χ0) is 23.4. The predicted octanol–water partition coefficient (Wildman–Crippen LogP) is 3.73. The summed E-state index contributed by atoms with van der Waals surface area (Å²) in [5, 5.41) is 21.5. The van der Waals surface area contributed by atoms with Crippen molar-refractivity contribution in [3.05, 3.63) is 82.9 Å². The minimum atomic E-state index is -0.552. The lowest BCUT2D eigenvalue weighted by molar-refractivity contribution is 0.0722. The van der Waals surface area contributed by atoms with E-state index in [1.54, 1.807) is 17.3 Å². The number of carbonyl (C=O) groups is 1. The van der Waals surface area contributed by atoms with Gasteiger partial charge in [0.1, 0.15) is 0 Å². The Kier molecular flexibility index (Phi) is 7.20. The highest BCUT2D eigenvalue weighted by atomic mass is 16.3. The van der Waals surface area contributed by atoms with Gasteiger partial charge in [-0.25, -0.2) is 0 Å². The van der Waals surface area contributed by atoms with Crippen molar-refractivity contribution in [2.45, 2.75) is 63.8 Å². The molecule has 7 nitrogen and oxygen atoms in total. The van der Waals surface area contributed by atoms with E-state index in [1.165, 1.54) is 5.56 Å². The molecule has 174 valence electrons. The van der Waals surface area contributed by atoms with E-state index in [0.717, 1.165) is 42.6 Å². The first-order chi connectivity index (χ1) is 16.0. The molecule has 4 rings (SSSR count). The first-order valence-electron chi connectivity index (χ1n) is 11.7. The van der Waals surface area contributed by atoms with Gasteiger partial charge in [0.15, 0.2) is 0 Å². The number of benzene rings is 1. The van der Waals surface area contributed by atoms with Gasteiger partial charge < -0.3 is 15.3 Å². The van der Waals surface area contributed by atoms with Crippen LogP contribution in [0, 0.1) is 6.92 Å². The summed E-state index contributed by atoms with van der Waals surface area (Å²) >= 11 is 0. The van der Waals surface area contributed by atoms with Crippen molar-refractivity contribution in [3.8, 4) is 0 Å². The van der Waals surface area contributed by atoms with E-state index < -0.39 is 6.10 Å². The number of rotatable bonds is 8. The van der Waals surface area contributed by atoms with E-state index in [2.05, 4.69) is 27.4 Å². The SMILES string of the molecule is CCC(c1cc(C)[nH]n1)N(C)C(=O)c1ccc(CC2CCC(C(O)c3cccnc3)N2)cc1. The lowest BCUT2D eigenvalue weighted by Gasteiger charge is -2.26. The quantitative estimate of drug-likeness (QED) is 0.489. The molecular formula is C26H33N5O2. The van der Waals surface area contributed by atoms with Crippen LogP contribution in [0.2, 0.25) is 0 Å². The maximum absolute atomic E-state index is 13.1. The van der Waals surface area contributed by atoms with E-state index in [4.69, 9.17) is 0 Å². The predicted molar refractivity (Wildman–Crippen MR) is 128 cm³/mol. The number of pyridine rings is 1. The standard InChI is InChI=1S/C26H33N5O2/c1-4-24(23-14-17(2)29-30-23)31(3)26(33)19-9-7-18(8-10-19)15-21-11-12-22(28-21)25(32)20-6-5-13-27-16-20/h5-10,13-14,16,21-22,24-25,28,32H,4,11-12,15H2,1-3H3,(H,29,30). The van der Waals surface area contributed by atoms with Gasteiger partial charge in [-0.1, -0.05) is 25.1 Å². The molecule has 1 fully saturated rings. The van der Waals surface area contributed by atoms with Gasteiger partial charge in [-0.2, -0.15) is 5.10 Å². The Bertz CT molecular complexity index is 1050. The van der Waals surface area contributed by atoms with Gasteiger partial charge in [-0.3, -0.25) is 14.9 Å². The molecule has 3 heterocycles. The number of nitrogens with one attached hydrogen (secondary N) is 2. The number of hydrogen-bond acceptors (Lipinski definition) is 5. The van der Waals surface area contributed by atoms with Crippen molar-refractivity contribution in [2.24, 2.45) is 0 Å². The van der Waals surface area contributed by atoms with Gasteiger partial charge in [0.05, 0.1) is 17.8 Å². The monoisotopic (exact) mass is 447 g/mol. The summed E-state index contributed by atoms with van der Waals surface area (Å²) in [6, 6.07) is 13.9. The van der Waals surface area contributed by atoms with Crippen LogP contribution in [0.1, 0.15) is 71.2 Å². The average Bonchev–Trinajstić information content (AvgIpc) is 3.49. The highest BCUT2D eigenvalue weighted by Gasteiger charge is 2.30.